The zero-order chi connectivity index (χ0) is 14.5. The van der Waals surface area contributed by atoms with Crippen LogP contribution in [0.2, 0.25) is 0 Å². The molecule has 1 aromatic heterocycles. The Bertz CT molecular complexity index is 601. The molecular formula is C12H10F2N2O4. The molecule has 0 bridgehead atoms. The molecular weight excluding hydrogens is 274 g/mol. The Labute approximate surface area is 112 Å². The van der Waals surface area contributed by atoms with E-state index in [0.29, 0.717) is 0 Å². The molecule has 0 amide bonds. The molecule has 0 atom stereocenters. The lowest BCUT2D eigenvalue weighted by Crippen LogP contribution is -2.04. The van der Waals surface area contributed by atoms with Gasteiger partial charge in [0.2, 0.25) is 0 Å². The van der Waals surface area contributed by atoms with Crippen LogP contribution >= 0.6 is 0 Å². The van der Waals surface area contributed by atoms with Gasteiger partial charge in [0.1, 0.15) is 5.75 Å². The van der Waals surface area contributed by atoms with Crippen molar-refractivity contribution in [3.8, 4) is 17.2 Å². The summed E-state index contributed by atoms with van der Waals surface area (Å²) in [6.45, 7) is -1.20. The standard InChI is InChI=1S/C12H10F2N2O4/c1-2-18-11(17)10-16-15-9(20-10)7-5-3-4-6-8(7)19-12(13)14/h3-6,12H,2H2,1H3. The van der Waals surface area contributed by atoms with Crippen LogP contribution in [-0.4, -0.2) is 29.4 Å². The van der Waals surface area contributed by atoms with Gasteiger partial charge in [0.05, 0.1) is 12.2 Å². The van der Waals surface area contributed by atoms with Gasteiger partial charge in [0, 0.05) is 0 Å². The lowest BCUT2D eigenvalue weighted by Gasteiger charge is -2.07. The van der Waals surface area contributed by atoms with Crippen molar-refractivity contribution in [3.63, 3.8) is 0 Å². The number of para-hydroxylation sites is 1. The molecule has 0 unspecified atom stereocenters. The van der Waals surface area contributed by atoms with E-state index in [4.69, 9.17) is 4.42 Å². The molecule has 6 nitrogen and oxygen atoms in total. The van der Waals surface area contributed by atoms with E-state index in [1.807, 2.05) is 0 Å². The largest absolute Gasteiger partial charge is 0.459 e. The average Bonchev–Trinajstić information content (AvgIpc) is 2.88. The van der Waals surface area contributed by atoms with Crippen molar-refractivity contribution < 1.29 is 27.5 Å². The minimum atomic E-state index is -2.98. The molecule has 1 heterocycles. The highest BCUT2D eigenvalue weighted by molar-refractivity contribution is 5.84. The quantitative estimate of drug-likeness (QED) is 0.785. The van der Waals surface area contributed by atoms with Crippen molar-refractivity contribution in [3.05, 3.63) is 30.2 Å². The fourth-order valence-corrected chi connectivity index (χ4v) is 1.45. The van der Waals surface area contributed by atoms with Crippen molar-refractivity contribution in [1.82, 2.24) is 10.2 Å². The SMILES string of the molecule is CCOC(=O)c1nnc(-c2ccccc2OC(F)F)o1. The lowest BCUT2D eigenvalue weighted by molar-refractivity contribution is -0.0495. The molecule has 0 saturated carbocycles. The third kappa shape index (κ3) is 3.08. The number of hydrogen-bond donors (Lipinski definition) is 0. The number of benzene rings is 1. The van der Waals surface area contributed by atoms with Crippen LogP contribution in [0.3, 0.4) is 0 Å². The average molecular weight is 284 g/mol. The first-order chi connectivity index (χ1) is 9.61. The molecule has 0 aliphatic rings. The van der Waals surface area contributed by atoms with E-state index >= 15 is 0 Å². The van der Waals surface area contributed by atoms with Crippen LogP contribution < -0.4 is 4.74 Å². The zero-order valence-corrected chi connectivity index (χ0v) is 10.4. The maximum absolute atomic E-state index is 12.3. The Morgan fingerprint density at radius 1 is 1.35 bits per heavy atom. The summed E-state index contributed by atoms with van der Waals surface area (Å²) in [7, 11) is 0. The van der Waals surface area contributed by atoms with Crippen LogP contribution in [0.15, 0.2) is 28.7 Å². The summed E-state index contributed by atoms with van der Waals surface area (Å²) in [5, 5.41) is 7.11. The maximum Gasteiger partial charge on any atom is 0.396 e. The summed E-state index contributed by atoms with van der Waals surface area (Å²) in [5.41, 5.74) is 0.163. The summed E-state index contributed by atoms with van der Waals surface area (Å²) in [6.07, 6.45) is 0. The number of carbonyl (C=O) groups is 1. The van der Waals surface area contributed by atoms with E-state index in [1.54, 1.807) is 13.0 Å². The summed E-state index contributed by atoms with van der Waals surface area (Å²) in [5.74, 6) is -1.36. The first-order valence-corrected chi connectivity index (χ1v) is 5.66. The van der Waals surface area contributed by atoms with E-state index in [-0.39, 0.29) is 29.7 Å². The molecule has 20 heavy (non-hydrogen) atoms. The lowest BCUT2D eigenvalue weighted by atomic mass is 10.2. The molecule has 0 fully saturated rings. The van der Waals surface area contributed by atoms with E-state index in [2.05, 4.69) is 19.7 Å². The Kier molecular flexibility index (Phi) is 4.24. The highest BCUT2D eigenvalue weighted by atomic mass is 19.3. The molecule has 0 aliphatic carbocycles. The molecule has 8 heteroatoms. The Hall–Kier alpha value is -2.51. The number of rotatable bonds is 5. The normalized spacial score (nSPS) is 10.6. The van der Waals surface area contributed by atoms with Crippen LogP contribution in [0.5, 0.6) is 5.75 Å². The molecule has 106 valence electrons. The van der Waals surface area contributed by atoms with Crippen molar-refractivity contribution in [2.24, 2.45) is 0 Å². The van der Waals surface area contributed by atoms with Gasteiger partial charge in [0.15, 0.2) is 0 Å². The highest BCUT2D eigenvalue weighted by Crippen LogP contribution is 2.29. The number of nitrogens with zero attached hydrogens (tertiary/aromatic N) is 2. The topological polar surface area (TPSA) is 74.5 Å². The summed E-state index contributed by atoms with van der Waals surface area (Å²) in [6, 6.07) is 5.89. The third-order valence-corrected chi connectivity index (χ3v) is 2.21. The van der Waals surface area contributed by atoms with E-state index in [1.165, 1.54) is 18.2 Å². The fourth-order valence-electron chi connectivity index (χ4n) is 1.45. The molecule has 0 spiro atoms. The van der Waals surface area contributed by atoms with Crippen molar-refractivity contribution in [2.45, 2.75) is 13.5 Å². The van der Waals surface area contributed by atoms with Gasteiger partial charge in [-0.2, -0.15) is 8.78 Å². The Balaban J connectivity index is 2.30. The highest BCUT2D eigenvalue weighted by Gasteiger charge is 2.20. The maximum atomic E-state index is 12.3. The molecule has 2 aromatic rings. The molecule has 0 aliphatic heterocycles. The summed E-state index contributed by atoms with van der Waals surface area (Å²) >= 11 is 0. The number of carbonyl (C=O) groups excluding carboxylic acids is 1. The van der Waals surface area contributed by atoms with E-state index < -0.39 is 12.6 Å². The predicted molar refractivity (Wildman–Crippen MR) is 62.3 cm³/mol. The second-order valence-electron chi connectivity index (χ2n) is 3.51. The number of halogens is 2. The van der Waals surface area contributed by atoms with Gasteiger partial charge in [-0.05, 0) is 19.1 Å². The summed E-state index contributed by atoms with van der Waals surface area (Å²) < 4.78 is 38.7. The number of ether oxygens (including phenoxy) is 2. The van der Waals surface area contributed by atoms with Crippen LogP contribution in [0.25, 0.3) is 11.5 Å². The van der Waals surface area contributed by atoms with Crippen LogP contribution in [0.1, 0.15) is 17.6 Å². The number of hydrogen-bond acceptors (Lipinski definition) is 6. The van der Waals surface area contributed by atoms with Gasteiger partial charge in [0.25, 0.3) is 5.89 Å². The summed E-state index contributed by atoms with van der Waals surface area (Å²) in [4.78, 5) is 11.4. The first-order valence-electron chi connectivity index (χ1n) is 5.66. The second-order valence-corrected chi connectivity index (χ2v) is 3.51. The van der Waals surface area contributed by atoms with Crippen molar-refractivity contribution in [2.75, 3.05) is 6.61 Å². The molecule has 0 saturated heterocycles. The third-order valence-electron chi connectivity index (χ3n) is 2.21. The van der Waals surface area contributed by atoms with Gasteiger partial charge >= 0.3 is 18.5 Å². The van der Waals surface area contributed by atoms with Crippen LogP contribution in [0.4, 0.5) is 8.78 Å². The van der Waals surface area contributed by atoms with Gasteiger partial charge < -0.3 is 13.9 Å². The molecule has 0 N–H and O–H groups in total. The van der Waals surface area contributed by atoms with Crippen molar-refractivity contribution >= 4 is 5.97 Å². The second kappa shape index (κ2) is 6.09. The van der Waals surface area contributed by atoms with Gasteiger partial charge in [-0.25, -0.2) is 4.79 Å². The van der Waals surface area contributed by atoms with Crippen LogP contribution in [-0.2, 0) is 4.74 Å². The minimum Gasteiger partial charge on any atom is -0.459 e. The fraction of sp³-hybridized carbons (Fsp3) is 0.250. The van der Waals surface area contributed by atoms with Gasteiger partial charge in [-0.3, -0.25) is 0 Å². The number of esters is 1. The smallest absolute Gasteiger partial charge is 0.396 e. The van der Waals surface area contributed by atoms with Crippen LogP contribution in [0, 0.1) is 0 Å². The Morgan fingerprint density at radius 2 is 2.10 bits per heavy atom. The van der Waals surface area contributed by atoms with Gasteiger partial charge in [-0.1, -0.05) is 12.1 Å². The monoisotopic (exact) mass is 284 g/mol. The van der Waals surface area contributed by atoms with E-state index in [0.717, 1.165) is 0 Å². The minimum absolute atomic E-state index is 0.107. The van der Waals surface area contributed by atoms with E-state index in [9.17, 15) is 13.6 Å². The molecule has 2 rings (SSSR count). The van der Waals surface area contributed by atoms with Gasteiger partial charge in [-0.15, -0.1) is 10.2 Å². The van der Waals surface area contributed by atoms with Crippen molar-refractivity contribution in [1.29, 1.82) is 0 Å². The number of alkyl halides is 2. The molecule has 0 radical (unpaired) electrons. The predicted octanol–water partition coefficient (Wildman–Crippen LogP) is 2.51. The Morgan fingerprint density at radius 3 is 2.80 bits per heavy atom. The zero-order valence-electron chi connectivity index (χ0n) is 10.4. The molecule has 1 aromatic carbocycles. The first kappa shape index (κ1) is 13.9. The number of aromatic nitrogens is 2.